The number of aliphatic hydroxyl groups is 2. The minimum atomic E-state index is -4.47. The normalized spacial score (nSPS) is 18.6. The van der Waals surface area contributed by atoms with E-state index in [0.29, 0.717) is 52.4 Å². The van der Waals surface area contributed by atoms with Gasteiger partial charge in [-0.05, 0) is 34.6 Å². The van der Waals surface area contributed by atoms with Gasteiger partial charge in [-0.25, -0.2) is 0 Å². The molecule has 0 aliphatic carbocycles. The van der Waals surface area contributed by atoms with Gasteiger partial charge in [0.15, 0.2) is 0 Å². The topological polar surface area (TPSA) is 180 Å². The molecule has 2 heterocycles. The van der Waals surface area contributed by atoms with E-state index >= 15 is 0 Å². The minimum absolute atomic E-state index is 0. The van der Waals surface area contributed by atoms with E-state index in [9.17, 15) is 38.9 Å². The molecular formula is C40H50N4O8P2Zr. The fourth-order valence-electron chi connectivity index (χ4n) is 7.21. The summed E-state index contributed by atoms with van der Waals surface area (Å²) in [6.07, 6.45) is -1.99. The van der Waals surface area contributed by atoms with Crippen LogP contribution in [0.3, 0.4) is 0 Å². The van der Waals surface area contributed by atoms with Gasteiger partial charge in [-0.15, -0.1) is 0 Å². The van der Waals surface area contributed by atoms with Crippen LogP contribution >= 0.6 is 15.2 Å². The Hall–Kier alpha value is -2.18. The molecule has 0 aromatic heterocycles. The average Bonchev–Trinajstić information content (AvgIpc) is 3.18. The standard InChI is InChI=1S/2C20H27N2O4P.Zr/c2*23-20(18-9-5-2-6-10-18)19(17-7-3-1-4-8-17)22-13-11-21(12-14-22)15-16-27(24,25)26;/h2*1-10,19-20,23H,11-16H2,(H2,24,25,26);/q;;+4/p-4/t2*19-,20+;/m00./s1. The molecule has 4 atom stereocenters. The van der Waals surface area contributed by atoms with Gasteiger partial charge in [0.1, 0.15) is 0 Å². The molecule has 292 valence electrons. The number of piperazine rings is 2. The summed E-state index contributed by atoms with van der Waals surface area (Å²) in [5.41, 5.74) is 3.83. The molecule has 6 rings (SSSR count). The molecule has 15 heteroatoms. The third-order valence-corrected chi connectivity index (χ3v) is 11.6. The molecule has 4 aromatic rings. The van der Waals surface area contributed by atoms with Crippen LogP contribution < -0.4 is 19.6 Å². The van der Waals surface area contributed by atoms with Crippen LogP contribution in [0.5, 0.6) is 0 Å². The van der Waals surface area contributed by atoms with Crippen LogP contribution in [0, 0.1) is 0 Å². The Bertz CT molecular complexity index is 1630. The zero-order chi connectivity index (χ0) is 38.6. The average molecular weight is 868 g/mol. The van der Waals surface area contributed by atoms with Crippen molar-refractivity contribution >= 4 is 15.2 Å². The van der Waals surface area contributed by atoms with Crippen molar-refractivity contribution in [1.29, 1.82) is 0 Å². The fraction of sp³-hybridized carbons (Fsp3) is 0.400. The van der Waals surface area contributed by atoms with E-state index in [4.69, 9.17) is 0 Å². The Balaban J connectivity index is 0.000000240. The van der Waals surface area contributed by atoms with E-state index < -0.39 is 27.4 Å². The first-order chi connectivity index (χ1) is 25.9. The molecule has 0 saturated carbocycles. The van der Waals surface area contributed by atoms with Crippen LogP contribution in [-0.4, -0.2) is 108 Å². The fourth-order valence-corrected chi connectivity index (χ4v) is 8.26. The van der Waals surface area contributed by atoms with Gasteiger partial charge >= 0.3 is 26.2 Å². The summed E-state index contributed by atoms with van der Waals surface area (Å²) in [4.78, 5) is 52.0. The van der Waals surface area contributed by atoms with E-state index in [2.05, 4.69) is 9.80 Å². The van der Waals surface area contributed by atoms with Gasteiger partial charge in [-0.2, -0.15) is 0 Å². The van der Waals surface area contributed by atoms with Crippen molar-refractivity contribution in [1.82, 2.24) is 19.6 Å². The van der Waals surface area contributed by atoms with Crippen LogP contribution in [0.25, 0.3) is 0 Å². The Labute approximate surface area is 343 Å². The molecule has 0 spiro atoms. The van der Waals surface area contributed by atoms with E-state index in [1.807, 2.05) is 131 Å². The summed E-state index contributed by atoms with van der Waals surface area (Å²) in [5, 5.41) is 22.2. The molecule has 2 saturated heterocycles. The summed E-state index contributed by atoms with van der Waals surface area (Å²) in [6.45, 7) is 6.03. The van der Waals surface area contributed by atoms with E-state index in [0.717, 1.165) is 22.3 Å². The minimum Gasteiger partial charge on any atom is -0.811 e. The predicted octanol–water partition coefficient (Wildman–Crippen LogP) is 1.98. The van der Waals surface area contributed by atoms with Gasteiger partial charge in [-0.1, -0.05) is 137 Å². The van der Waals surface area contributed by atoms with Gasteiger partial charge < -0.3 is 48.7 Å². The van der Waals surface area contributed by atoms with Crippen molar-refractivity contribution in [3.8, 4) is 0 Å². The quantitative estimate of drug-likeness (QED) is 0.177. The van der Waals surface area contributed by atoms with Crippen molar-refractivity contribution in [3.63, 3.8) is 0 Å². The number of aliphatic hydroxyl groups excluding tert-OH is 2. The molecule has 2 N–H and O–H groups in total. The summed E-state index contributed by atoms with van der Waals surface area (Å²) in [6, 6.07) is 38.8. The third kappa shape index (κ3) is 14.6. The smallest absolute Gasteiger partial charge is 0.811 e. The first-order valence-electron chi connectivity index (χ1n) is 18.4. The molecule has 0 amide bonds. The Kier molecular flexibility index (Phi) is 18.3. The maximum atomic E-state index is 11.1. The molecule has 2 aliphatic rings. The second-order valence-electron chi connectivity index (χ2n) is 13.8. The number of nitrogens with zero attached hydrogens (tertiary/aromatic N) is 4. The van der Waals surface area contributed by atoms with Crippen molar-refractivity contribution in [2.45, 2.75) is 24.3 Å². The van der Waals surface area contributed by atoms with Crippen LogP contribution in [-0.2, 0) is 35.3 Å². The number of benzene rings is 4. The van der Waals surface area contributed by atoms with Gasteiger partial charge in [-0.3, -0.25) is 9.80 Å². The monoisotopic (exact) mass is 866 g/mol. The Morgan fingerprint density at radius 3 is 0.964 bits per heavy atom. The molecule has 0 bridgehead atoms. The molecule has 4 aromatic carbocycles. The number of hydrogen-bond acceptors (Lipinski definition) is 12. The van der Waals surface area contributed by atoms with Crippen molar-refractivity contribution in [2.24, 2.45) is 0 Å². The van der Waals surface area contributed by atoms with E-state index in [1.54, 1.807) is 0 Å². The van der Waals surface area contributed by atoms with Crippen LogP contribution in [0.2, 0.25) is 0 Å². The Morgan fingerprint density at radius 1 is 0.455 bits per heavy atom. The molecular weight excluding hydrogens is 818 g/mol. The van der Waals surface area contributed by atoms with Crippen LogP contribution in [0.4, 0.5) is 0 Å². The van der Waals surface area contributed by atoms with E-state index in [1.165, 1.54) is 0 Å². The van der Waals surface area contributed by atoms with Gasteiger partial charge in [0.05, 0.1) is 24.3 Å². The molecule has 0 unspecified atom stereocenters. The first kappa shape index (κ1) is 45.5. The van der Waals surface area contributed by atoms with Gasteiger partial charge in [0.2, 0.25) is 0 Å². The molecule has 55 heavy (non-hydrogen) atoms. The van der Waals surface area contributed by atoms with Crippen molar-refractivity contribution in [2.75, 3.05) is 77.8 Å². The SMILES string of the molecule is O=P([O-])([O-])CCN1CCN([C@@H](c2ccccc2)[C@H](O)c2ccccc2)CC1.O=P([O-])([O-])CCN1CCN([C@@H](c2ccccc2)[C@H](O)c2ccccc2)CC1.[Zr+4]. The largest absolute Gasteiger partial charge is 4.00 e. The molecule has 2 aliphatic heterocycles. The van der Waals surface area contributed by atoms with Crippen molar-refractivity contribution < 1.29 is 65.1 Å². The maximum Gasteiger partial charge on any atom is 4.00 e. The zero-order valence-electron chi connectivity index (χ0n) is 30.9. The second-order valence-corrected chi connectivity index (χ2v) is 17.2. The maximum absolute atomic E-state index is 11.1. The summed E-state index contributed by atoms with van der Waals surface area (Å²) >= 11 is 0. The number of hydrogen-bond donors (Lipinski definition) is 2. The molecule has 0 radical (unpaired) electrons. The van der Waals surface area contributed by atoms with E-state index in [-0.39, 0.29) is 63.7 Å². The predicted molar refractivity (Wildman–Crippen MR) is 202 cm³/mol. The van der Waals surface area contributed by atoms with Crippen molar-refractivity contribution in [3.05, 3.63) is 144 Å². The first-order valence-corrected chi connectivity index (χ1v) is 21.8. The van der Waals surface area contributed by atoms with Crippen LogP contribution in [0.1, 0.15) is 46.5 Å². The Morgan fingerprint density at radius 2 is 0.709 bits per heavy atom. The molecule has 12 nitrogen and oxygen atoms in total. The summed E-state index contributed by atoms with van der Waals surface area (Å²) < 4.78 is 21.8. The second kappa shape index (κ2) is 22.1. The van der Waals surface area contributed by atoms with Gasteiger partial charge in [0, 0.05) is 65.4 Å². The third-order valence-electron chi connectivity index (χ3n) is 10.1. The van der Waals surface area contributed by atoms with Gasteiger partial charge in [0.25, 0.3) is 0 Å². The summed E-state index contributed by atoms with van der Waals surface area (Å²) in [7, 11) is -8.93. The van der Waals surface area contributed by atoms with Crippen LogP contribution in [0.15, 0.2) is 121 Å². The zero-order valence-corrected chi connectivity index (χ0v) is 35.1. The number of rotatable bonds is 14. The summed E-state index contributed by atoms with van der Waals surface area (Å²) in [5.74, 6) is 0. The molecule has 2 fully saturated rings.